The van der Waals surface area contributed by atoms with Crippen LogP contribution in [0.4, 0.5) is 0 Å². The van der Waals surface area contributed by atoms with E-state index in [4.69, 9.17) is 5.73 Å². The monoisotopic (exact) mass is 286 g/mol. The number of nitrogens with two attached hydrogens (primary N) is 1. The Kier molecular flexibility index (Phi) is 3.92. The van der Waals surface area contributed by atoms with Gasteiger partial charge in [0, 0.05) is 18.5 Å². The predicted octanol–water partition coefficient (Wildman–Crippen LogP) is 1.41. The number of fused-ring (bicyclic) bond motifs is 1. The molecule has 1 unspecified atom stereocenters. The molecule has 1 saturated heterocycles. The maximum absolute atomic E-state index is 11.2. The Morgan fingerprint density at radius 2 is 2.24 bits per heavy atom. The van der Waals surface area contributed by atoms with Gasteiger partial charge in [-0.1, -0.05) is 18.2 Å². The molecule has 2 aromatic rings. The lowest BCUT2D eigenvalue weighted by molar-refractivity contribution is -0.117. The Bertz CT molecular complexity index is 649. The summed E-state index contributed by atoms with van der Waals surface area (Å²) in [5.41, 5.74) is 7.23. The number of rotatable bonds is 4. The molecular weight excluding hydrogens is 264 g/mol. The van der Waals surface area contributed by atoms with Crippen LogP contribution < -0.4 is 5.73 Å². The van der Waals surface area contributed by atoms with Gasteiger partial charge in [-0.15, -0.1) is 0 Å². The molecule has 0 spiro atoms. The summed E-state index contributed by atoms with van der Waals surface area (Å²) in [7, 11) is 2.17. The Balaban J connectivity index is 1.89. The van der Waals surface area contributed by atoms with E-state index in [9.17, 15) is 4.79 Å². The summed E-state index contributed by atoms with van der Waals surface area (Å²) >= 11 is 0. The molecule has 2 N–H and O–H groups in total. The van der Waals surface area contributed by atoms with Gasteiger partial charge in [0.25, 0.3) is 0 Å². The van der Waals surface area contributed by atoms with Crippen molar-refractivity contribution >= 4 is 16.8 Å². The molecule has 5 heteroatoms. The molecule has 5 nitrogen and oxygen atoms in total. The highest BCUT2D eigenvalue weighted by atomic mass is 16.1. The van der Waals surface area contributed by atoms with E-state index in [-0.39, 0.29) is 12.3 Å². The number of nitrogens with zero attached hydrogens (tertiary/aromatic N) is 3. The SMILES string of the molecule is CN1CCCC(Cn2nc(CC(N)=O)c3ccccc32)C1. The lowest BCUT2D eigenvalue weighted by atomic mass is 9.98. The van der Waals surface area contributed by atoms with Crippen molar-refractivity contribution in [1.29, 1.82) is 0 Å². The topological polar surface area (TPSA) is 64.2 Å². The lowest BCUT2D eigenvalue weighted by Gasteiger charge is -2.29. The average molecular weight is 286 g/mol. The number of aromatic nitrogens is 2. The summed E-state index contributed by atoms with van der Waals surface area (Å²) < 4.78 is 2.05. The van der Waals surface area contributed by atoms with E-state index in [1.807, 2.05) is 18.2 Å². The van der Waals surface area contributed by atoms with Crippen LogP contribution >= 0.6 is 0 Å². The van der Waals surface area contributed by atoms with Gasteiger partial charge in [-0.25, -0.2) is 0 Å². The molecule has 1 atom stereocenters. The summed E-state index contributed by atoms with van der Waals surface area (Å²) in [6, 6.07) is 8.08. The van der Waals surface area contributed by atoms with Gasteiger partial charge in [0.1, 0.15) is 0 Å². The first-order valence-corrected chi connectivity index (χ1v) is 7.55. The zero-order valence-corrected chi connectivity index (χ0v) is 12.5. The van der Waals surface area contributed by atoms with Crippen LogP contribution in [-0.2, 0) is 17.8 Å². The molecule has 1 aromatic carbocycles. The third kappa shape index (κ3) is 3.08. The standard InChI is InChI=1S/C16H22N4O/c1-19-8-4-5-12(10-19)11-20-15-7-3-2-6-13(15)14(18-20)9-16(17)21/h2-3,6-7,12H,4-5,8-11H2,1H3,(H2,17,21). The van der Waals surface area contributed by atoms with Crippen molar-refractivity contribution in [3.8, 4) is 0 Å². The maximum atomic E-state index is 11.2. The number of amides is 1. The van der Waals surface area contributed by atoms with E-state index in [1.165, 1.54) is 19.4 Å². The molecule has 3 rings (SSSR count). The highest BCUT2D eigenvalue weighted by Crippen LogP contribution is 2.23. The van der Waals surface area contributed by atoms with Crippen molar-refractivity contribution in [3.63, 3.8) is 0 Å². The molecule has 0 saturated carbocycles. The fraction of sp³-hybridized carbons (Fsp3) is 0.500. The Labute approximate surface area is 124 Å². The second-order valence-corrected chi connectivity index (χ2v) is 6.06. The zero-order valence-electron chi connectivity index (χ0n) is 12.5. The van der Waals surface area contributed by atoms with Crippen LogP contribution in [0.3, 0.4) is 0 Å². The summed E-state index contributed by atoms with van der Waals surface area (Å²) in [5, 5.41) is 5.69. The van der Waals surface area contributed by atoms with Gasteiger partial charge in [-0.2, -0.15) is 5.10 Å². The molecule has 1 aliphatic rings. The van der Waals surface area contributed by atoms with Gasteiger partial charge < -0.3 is 10.6 Å². The predicted molar refractivity (Wildman–Crippen MR) is 82.9 cm³/mol. The molecule has 1 amide bonds. The van der Waals surface area contributed by atoms with Gasteiger partial charge in [-0.05, 0) is 38.4 Å². The van der Waals surface area contributed by atoms with E-state index < -0.39 is 0 Å². The molecule has 21 heavy (non-hydrogen) atoms. The van der Waals surface area contributed by atoms with Crippen LogP contribution in [0, 0.1) is 5.92 Å². The van der Waals surface area contributed by atoms with Crippen LogP contribution in [0.15, 0.2) is 24.3 Å². The lowest BCUT2D eigenvalue weighted by Crippen LogP contribution is -2.34. The van der Waals surface area contributed by atoms with Crippen molar-refractivity contribution in [2.45, 2.75) is 25.8 Å². The highest BCUT2D eigenvalue weighted by Gasteiger charge is 2.20. The number of carbonyl (C=O) groups excluding carboxylic acids is 1. The smallest absolute Gasteiger partial charge is 0.223 e. The maximum Gasteiger partial charge on any atom is 0.223 e. The molecule has 1 fully saturated rings. The van der Waals surface area contributed by atoms with Crippen LogP contribution in [0.5, 0.6) is 0 Å². The number of piperidine rings is 1. The van der Waals surface area contributed by atoms with Gasteiger partial charge in [0.2, 0.25) is 5.91 Å². The second kappa shape index (κ2) is 5.85. The molecular formula is C16H22N4O. The van der Waals surface area contributed by atoms with E-state index in [1.54, 1.807) is 0 Å². The fourth-order valence-corrected chi connectivity index (χ4v) is 3.30. The van der Waals surface area contributed by atoms with Crippen molar-refractivity contribution < 1.29 is 4.79 Å². The van der Waals surface area contributed by atoms with E-state index in [0.717, 1.165) is 29.7 Å². The van der Waals surface area contributed by atoms with Crippen LogP contribution in [0.1, 0.15) is 18.5 Å². The summed E-state index contributed by atoms with van der Waals surface area (Å²) in [5.74, 6) is 0.288. The molecule has 2 heterocycles. The Morgan fingerprint density at radius 3 is 3.00 bits per heavy atom. The molecule has 0 aliphatic carbocycles. The normalized spacial score (nSPS) is 20.0. The first-order valence-electron chi connectivity index (χ1n) is 7.55. The Morgan fingerprint density at radius 1 is 1.43 bits per heavy atom. The zero-order chi connectivity index (χ0) is 14.8. The van der Waals surface area contributed by atoms with Crippen LogP contribution in [0.2, 0.25) is 0 Å². The quantitative estimate of drug-likeness (QED) is 0.924. The van der Waals surface area contributed by atoms with Crippen molar-refractivity contribution in [1.82, 2.24) is 14.7 Å². The van der Waals surface area contributed by atoms with E-state index >= 15 is 0 Å². The summed E-state index contributed by atoms with van der Waals surface area (Å²) in [6.45, 7) is 3.20. The van der Waals surface area contributed by atoms with Crippen LogP contribution in [-0.4, -0.2) is 40.7 Å². The third-order valence-electron chi connectivity index (χ3n) is 4.23. The number of carbonyl (C=O) groups is 1. The van der Waals surface area contributed by atoms with Gasteiger partial charge in [0.15, 0.2) is 0 Å². The molecule has 0 bridgehead atoms. The first kappa shape index (κ1) is 14.1. The van der Waals surface area contributed by atoms with Crippen LogP contribution in [0.25, 0.3) is 10.9 Å². The molecule has 1 aromatic heterocycles. The minimum absolute atomic E-state index is 0.206. The molecule has 112 valence electrons. The molecule has 0 radical (unpaired) electrons. The minimum atomic E-state index is -0.331. The number of para-hydroxylation sites is 1. The van der Waals surface area contributed by atoms with E-state index in [0.29, 0.717) is 5.92 Å². The number of benzene rings is 1. The minimum Gasteiger partial charge on any atom is -0.369 e. The summed E-state index contributed by atoms with van der Waals surface area (Å²) in [4.78, 5) is 13.6. The van der Waals surface area contributed by atoms with Gasteiger partial charge in [-0.3, -0.25) is 9.48 Å². The Hall–Kier alpha value is -1.88. The van der Waals surface area contributed by atoms with Crippen molar-refractivity contribution in [2.75, 3.05) is 20.1 Å². The highest BCUT2D eigenvalue weighted by molar-refractivity contribution is 5.87. The number of likely N-dealkylation sites (tertiary alicyclic amines) is 1. The number of primary amides is 1. The number of hydrogen-bond acceptors (Lipinski definition) is 3. The fourth-order valence-electron chi connectivity index (χ4n) is 3.30. The summed E-state index contributed by atoms with van der Waals surface area (Å²) in [6.07, 6.45) is 2.69. The first-order chi connectivity index (χ1) is 10.1. The average Bonchev–Trinajstić information content (AvgIpc) is 2.77. The van der Waals surface area contributed by atoms with Gasteiger partial charge >= 0.3 is 0 Å². The van der Waals surface area contributed by atoms with Gasteiger partial charge in [0.05, 0.1) is 17.6 Å². The second-order valence-electron chi connectivity index (χ2n) is 6.06. The molecule has 1 aliphatic heterocycles. The van der Waals surface area contributed by atoms with E-state index in [2.05, 4.69) is 27.8 Å². The largest absolute Gasteiger partial charge is 0.369 e. The third-order valence-corrected chi connectivity index (χ3v) is 4.23. The number of hydrogen-bond donors (Lipinski definition) is 1. The van der Waals surface area contributed by atoms with Crippen molar-refractivity contribution in [2.24, 2.45) is 11.7 Å². The van der Waals surface area contributed by atoms with Crippen molar-refractivity contribution in [3.05, 3.63) is 30.0 Å².